The highest BCUT2D eigenvalue weighted by atomic mass is 35.5. The fourth-order valence-corrected chi connectivity index (χ4v) is 4.33. The van der Waals surface area contributed by atoms with Gasteiger partial charge < -0.3 is 5.11 Å². The lowest BCUT2D eigenvalue weighted by molar-refractivity contribution is 0.0584. The number of pyridine rings is 1. The molecule has 1 saturated heterocycles. The van der Waals surface area contributed by atoms with E-state index in [4.69, 9.17) is 0 Å². The predicted octanol–water partition coefficient (Wildman–Crippen LogP) is 5.17. The van der Waals surface area contributed by atoms with Crippen LogP contribution < -0.4 is 0 Å². The number of aliphatic hydroxyl groups is 1. The van der Waals surface area contributed by atoms with Gasteiger partial charge in [0.1, 0.15) is 5.60 Å². The summed E-state index contributed by atoms with van der Waals surface area (Å²) in [5.74, 6) is 0. The molecule has 3 unspecified atom stereocenters. The van der Waals surface area contributed by atoms with E-state index in [0.29, 0.717) is 18.5 Å². The molecule has 3 atom stereocenters. The van der Waals surface area contributed by atoms with Crippen LogP contribution in [0, 0.1) is 0 Å². The molecular weight excluding hydrogens is 356 g/mol. The van der Waals surface area contributed by atoms with Crippen molar-refractivity contribution in [2.24, 2.45) is 0 Å². The Hall–Kier alpha value is -1.42. The number of hydrogen-bond acceptors (Lipinski definition) is 3. The molecule has 148 valence electrons. The topological polar surface area (TPSA) is 36.4 Å². The molecule has 1 aliphatic heterocycles. The Labute approximate surface area is 170 Å². The third-order valence-corrected chi connectivity index (χ3v) is 5.92. The van der Waals surface area contributed by atoms with E-state index in [1.165, 1.54) is 19.3 Å². The first-order chi connectivity index (χ1) is 12.6. The molecule has 2 heterocycles. The first-order valence-corrected chi connectivity index (χ1v) is 10.1. The summed E-state index contributed by atoms with van der Waals surface area (Å²) in [4.78, 5) is 7.10. The summed E-state index contributed by atoms with van der Waals surface area (Å²) in [6.07, 6.45) is 8.53. The van der Waals surface area contributed by atoms with Crippen LogP contribution in [0.1, 0.15) is 63.6 Å². The Balaban J connectivity index is 0.00000261. The van der Waals surface area contributed by atoms with Crippen molar-refractivity contribution in [3.63, 3.8) is 0 Å². The number of rotatable bonds is 7. The van der Waals surface area contributed by atoms with E-state index in [9.17, 15) is 5.11 Å². The zero-order chi connectivity index (χ0) is 18.4. The zero-order valence-electron chi connectivity index (χ0n) is 16.6. The number of unbranched alkanes of at least 4 members (excludes halogenated alkanes) is 1. The lowest BCUT2D eigenvalue weighted by Gasteiger charge is -2.39. The molecule has 0 aliphatic carbocycles. The minimum Gasteiger partial charge on any atom is -0.379 e. The van der Waals surface area contributed by atoms with Gasteiger partial charge in [-0.2, -0.15) is 0 Å². The van der Waals surface area contributed by atoms with Crippen molar-refractivity contribution in [2.75, 3.05) is 6.54 Å². The second-order valence-corrected chi connectivity index (χ2v) is 7.77. The number of hydrogen-bond donors (Lipinski definition) is 1. The lowest BCUT2D eigenvalue weighted by Crippen LogP contribution is -2.44. The summed E-state index contributed by atoms with van der Waals surface area (Å²) < 4.78 is 0. The first kappa shape index (κ1) is 21.9. The molecule has 27 heavy (non-hydrogen) atoms. The van der Waals surface area contributed by atoms with Crippen molar-refractivity contribution in [3.05, 3.63) is 66.0 Å². The molecule has 1 fully saturated rings. The molecule has 3 nitrogen and oxygen atoms in total. The molecule has 1 aliphatic rings. The van der Waals surface area contributed by atoms with Gasteiger partial charge in [-0.15, -0.1) is 12.4 Å². The number of benzene rings is 1. The highest BCUT2D eigenvalue weighted by Crippen LogP contribution is 2.33. The normalized spacial score (nSPS) is 22.6. The molecule has 0 spiro atoms. The summed E-state index contributed by atoms with van der Waals surface area (Å²) in [6.45, 7) is 5.82. The minimum absolute atomic E-state index is 0. The summed E-state index contributed by atoms with van der Waals surface area (Å²) >= 11 is 0. The smallest absolute Gasteiger partial charge is 0.131 e. The summed E-state index contributed by atoms with van der Waals surface area (Å²) in [7, 11) is 0. The van der Waals surface area contributed by atoms with Gasteiger partial charge in [-0.3, -0.25) is 9.88 Å². The van der Waals surface area contributed by atoms with Crippen molar-refractivity contribution < 1.29 is 5.11 Å². The molecule has 1 aromatic heterocycles. The van der Waals surface area contributed by atoms with E-state index in [2.05, 4.69) is 23.7 Å². The summed E-state index contributed by atoms with van der Waals surface area (Å²) in [5, 5.41) is 11.5. The summed E-state index contributed by atoms with van der Waals surface area (Å²) in [5.41, 5.74) is 0.658. The van der Waals surface area contributed by atoms with Crippen LogP contribution in [0.15, 0.2) is 54.7 Å². The van der Waals surface area contributed by atoms with Gasteiger partial charge in [0, 0.05) is 18.3 Å². The number of piperidine rings is 1. The fraction of sp³-hybridized carbons (Fsp3) is 0.522. The van der Waals surface area contributed by atoms with Crippen molar-refractivity contribution in [3.8, 4) is 0 Å². The SMILES string of the molecule is CC1CCCC(C)N1CCCCC(O)(c1ccccc1)c1ccccn1.Cl. The number of halogens is 1. The van der Waals surface area contributed by atoms with Crippen LogP contribution in [0.25, 0.3) is 0 Å². The van der Waals surface area contributed by atoms with Crippen LogP contribution in [-0.4, -0.2) is 33.6 Å². The second kappa shape index (κ2) is 10.2. The number of likely N-dealkylation sites (tertiary alicyclic amines) is 1. The molecule has 0 saturated carbocycles. The standard InChI is InChI=1S/C23H32N2O.ClH/c1-19-11-10-12-20(2)25(19)18-9-7-16-23(26,21-13-4-3-5-14-21)22-15-6-8-17-24-22;/h3-6,8,13-15,17,19-20,26H,7,9-12,16,18H2,1-2H3;1H. The number of aromatic nitrogens is 1. The molecule has 0 amide bonds. The van der Waals surface area contributed by atoms with Crippen molar-refractivity contribution in [1.82, 2.24) is 9.88 Å². The van der Waals surface area contributed by atoms with Gasteiger partial charge in [0.25, 0.3) is 0 Å². The Morgan fingerprint density at radius 2 is 1.67 bits per heavy atom. The van der Waals surface area contributed by atoms with E-state index < -0.39 is 5.60 Å². The molecule has 1 N–H and O–H groups in total. The van der Waals surface area contributed by atoms with E-state index in [-0.39, 0.29) is 12.4 Å². The van der Waals surface area contributed by atoms with Crippen LogP contribution in [0.4, 0.5) is 0 Å². The average molecular weight is 389 g/mol. The Morgan fingerprint density at radius 1 is 1.00 bits per heavy atom. The third-order valence-electron chi connectivity index (χ3n) is 5.92. The first-order valence-electron chi connectivity index (χ1n) is 10.1. The molecule has 0 radical (unpaired) electrons. The van der Waals surface area contributed by atoms with E-state index in [1.807, 2.05) is 48.5 Å². The molecule has 3 rings (SSSR count). The lowest BCUT2D eigenvalue weighted by atomic mass is 9.85. The van der Waals surface area contributed by atoms with Crippen LogP contribution in [0.2, 0.25) is 0 Å². The fourth-order valence-electron chi connectivity index (χ4n) is 4.33. The predicted molar refractivity (Wildman–Crippen MR) is 114 cm³/mol. The van der Waals surface area contributed by atoms with Gasteiger partial charge in [-0.05, 0) is 70.2 Å². The van der Waals surface area contributed by atoms with E-state index >= 15 is 0 Å². The Kier molecular flexibility index (Phi) is 8.28. The highest BCUT2D eigenvalue weighted by molar-refractivity contribution is 5.85. The maximum Gasteiger partial charge on any atom is 0.131 e. The Morgan fingerprint density at radius 3 is 2.30 bits per heavy atom. The average Bonchev–Trinajstić information content (AvgIpc) is 2.68. The second-order valence-electron chi connectivity index (χ2n) is 7.77. The van der Waals surface area contributed by atoms with Crippen LogP contribution in [-0.2, 0) is 5.60 Å². The van der Waals surface area contributed by atoms with Crippen molar-refractivity contribution in [1.29, 1.82) is 0 Å². The molecule has 2 aromatic rings. The molecule has 4 heteroatoms. The maximum absolute atomic E-state index is 11.5. The molecule has 0 bridgehead atoms. The van der Waals surface area contributed by atoms with Crippen LogP contribution in [0.3, 0.4) is 0 Å². The third kappa shape index (κ3) is 5.31. The monoisotopic (exact) mass is 388 g/mol. The van der Waals surface area contributed by atoms with Gasteiger partial charge in [0.2, 0.25) is 0 Å². The maximum atomic E-state index is 11.5. The largest absolute Gasteiger partial charge is 0.379 e. The molecule has 1 aromatic carbocycles. The van der Waals surface area contributed by atoms with Crippen LogP contribution in [0.5, 0.6) is 0 Å². The van der Waals surface area contributed by atoms with Gasteiger partial charge in [-0.25, -0.2) is 0 Å². The van der Waals surface area contributed by atoms with E-state index in [0.717, 1.165) is 30.6 Å². The van der Waals surface area contributed by atoms with Crippen molar-refractivity contribution in [2.45, 2.75) is 70.1 Å². The highest BCUT2D eigenvalue weighted by Gasteiger charge is 2.32. The van der Waals surface area contributed by atoms with Gasteiger partial charge >= 0.3 is 0 Å². The van der Waals surface area contributed by atoms with Gasteiger partial charge in [0.05, 0.1) is 5.69 Å². The van der Waals surface area contributed by atoms with Gasteiger partial charge in [0.15, 0.2) is 0 Å². The van der Waals surface area contributed by atoms with Crippen molar-refractivity contribution >= 4 is 12.4 Å². The van der Waals surface area contributed by atoms with E-state index in [1.54, 1.807) is 6.20 Å². The minimum atomic E-state index is -1.01. The Bertz CT molecular complexity index is 615. The van der Waals surface area contributed by atoms with Gasteiger partial charge in [-0.1, -0.05) is 42.8 Å². The van der Waals surface area contributed by atoms with Crippen LogP contribution >= 0.6 is 12.4 Å². The summed E-state index contributed by atoms with van der Waals surface area (Å²) in [6, 6.07) is 17.1. The molecular formula is C23H33ClN2O. The number of nitrogens with zero attached hydrogens (tertiary/aromatic N) is 2. The quantitative estimate of drug-likeness (QED) is 0.664. The zero-order valence-corrected chi connectivity index (χ0v) is 17.4.